The van der Waals surface area contributed by atoms with Crippen LogP contribution in [0.15, 0.2) is 65.0 Å². The molecular weight excluding hydrogens is 463 g/mol. The Labute approximate surface area is 209 Å². The molecule has 1 amide bonds. The molecule has 9 nitrogen and oxygen atoms in total. The van der Waals surface area contributed by atoms with E-state index in [1.54, 1.807) is 42.9 Å². The number of quaternary nitrogens is 1. The van der Waals surface area contributed by atoms with Crippen molar-refractivity contribution >= 4 is 23.4 Å². The van der Waals surface area contributed by atoms with Crippen molar-refractivity contribution in [3.05, 3.63) is 76.9 Å². The number of aliphatic hydroxyl groups excluding tert-OH is 1. The molecule has 1 saturated heterocycles. The van der Waals surface area contributed by atoms with Crippen LogP contribution in [-0.4, -0.2) is 73.5 Å². The highest BCUT2D eigenvalue weighted by Crippen LogP contribution is 2.30. The zero-order valence-electron chi connectivity index (χ0n) is 20.3. The maximum Gasteiger partial charge on any atom is 0.253 e. The molecule has 4 rings (SSSR count). The number of carbonyl (C=O) groups is 1. The average molecular weight is 496 g/mol. The van der Waals surface area contributed by atoms with E-state index in [9.17, 15) is 14.3 Å². The fraction of sp³-hybridized carbons (Fsp3) is 0.346. The monoisotopic (exact) mass is 495 g/mol. The number of nitrogens with one attached hydrogen (secondary N) is 2. The number of aliphatic hydroxyl groups is 1. The van der Waals surface area contributed by atoms with E-state index in [0.717, 1.165) is 38.3 Å². The fourth-order valence-electron chi connectivity index (χ4n) is 4.37. The number of amides is 1. The molecule has 0 saturated carbocycles. The molecule has 1 fully saturated rings. The lowest BCUT2D eigenvalue weighted by Crippen LogP contribution is -2.71. The van der Waals surface area contributed by atoms with Crippen LogP contribution in [0.25, 0.3) is 6.08 Å². The maximum atomic E-state index is 13.6. The number of nitrogens with zero attached hydrogens (tertiary/aromatic N) is 3. The van der Waals surface area contributed by atoms with Crippen molar-refractivity contribution in [1.82, 2.24) is 9.80 Å². The molecule has 36 heavy (non-hydrogen) atoms. The normalized spacial score (nSPS) is 18.3. The van der Waals surface area contributed by atoms with E-state index in [2.05, 4.69) is 15.3 Å². The van der Waals surface area contributed by atoms with Gasteiger partial charge in [-0.25, -0.2) is 9.92 Å². The van der Waals surface area contributed by atoms with Crippen molar-refractivity contribution in [1.29, 1.82) is 5.53 Å². The Balaban J connectivity index is 1.37. The number of benzene rings is 2. The SMILES string of the molecule is COCCCN1CCN(C(=O)c2ccc([NH2+]C=C(N=N)C3=Cc4cc(F)ccc4NC3O)cc2)CC1. The molecule has 2 aromatic rings. The lowest BCUT2D eigenvalue weighted by molar-refractivity contribution is -0.497. The fourth-order valence-corrected chi connectivity index (χ4v) is 4.37. The molecule has 0 radical (unpaired) electrons. The van der Waals surface area contributed by atoms with Crippen LogP contribution in [0, 0.1) is 11.3 Å². The number of anilines is 1. The predicted molar refractivity (Wildman–Crippen MR) is 134 cm³/mol. The molecule has 2 aliphatic rings. The van der Waals surface area contributed by atoms with Gasteiger partial charge in [0, 0.05) is 81.0 Å². The van der Waals surface area contributed by atoms with E-state index in [-0.39, 0.29) is 17.4 Å². The van der Waals surface area contributed by atoms with Crippen molar-refractivity contribution in [2.45, 2.75) is 12.6 Å². The zero-order chi connectivity index (χ0) is 25.5. The highest BCUT2D eigenvalue weighted by molar-refractivity contribution is 5.94. The van der Waals surface area contributed by atoms with Gasteiger partial charge in [0.25, 0.3) is 5.91 Å². The Morgan fingerprint density at radius 1 is 1.25 bits per heavy atom. The average Bonchev–Trinajstić information content (AvgIpc) is 2.90. The minimum absolute atomic E-state index is 0.0166. The van der Waals surface area contributed by atoms with Gasteiger partial charge in [-0.1, -0.05) is 0 Å². The van der Waals surface area contributed by atoms with Gasteiger partial charge in [0.15, 0.2) is 6.23 Å². The second kappa shape index (κ2) is 12.0. The number of nitrogens with two attached hydrogens (primary N) is 1. The van der Waals surface area contributed by atoms with Crippen LogP contribution >= 0.6 is 0 Å². The van der Waals surface area contributed by atoms with Crippen molar-refractivity contribution in [3.63, 3.8) is 0 Å². The number of hydrogen-bond donors (Lipinski definition) is 4. The molecule has 0 spiro atoms. The largest absolute Gasteiger partial charge is 0.385 e. The molecular formula is C26H32FN6O3+. The van der Waals surface area contributed by atoms with E-state index in [4.69, 9.17) is 10.3 Å². The number of methoxy groups -OCH3 is 1. The molecule has 1 unspecified atom stereocenters. The number of piperazine rings is 1. The molecule has 1 atom stereocenters. The molecule has 2 aromatic carbocycles. The maximum absolute atomic E-state index is 13.6. The Bertz CT molecular complexity index is 1140. The molecule has 0 bridgehead atoms. The summed E-state index contributed by atoms with van der Waals surface area (Å²) in [6.45, 7) is 4.86. The van der Waals surface area contributed by atoms with Crippen molar-refractivity contribution in [3.8, 4) is 0 Å². The van der Waals surface area contributed by atoms with Crippen LogP contribution in [0.2, 0.25) is 0 Å². The number of hydrogen-bond acceptors (Lipinski definition) is 7. The van der Waals surface area contributed by atoms with Gasteiger partial charge in [-0.15, -0.1) is 0 Å². The van der Waals surface area contributed by atoms with Crippen molar-refractivity contribution in [2.75, 3.05) is 51.8 Å². The molecule has 190 valence electrons. The zero-order valence-corrected chi connectivity index (χ0v) is 20.3. The number of halogens is 1. The van der Waals surface area contributed by atoms with Gasteiger partial charge in [-0.3, -0.25) is 15.0 Å². The first-order valence-electron chi connectivity index (χ1n) is 12.0. The second-order valence-corrected chi connectivity index (χ2v) is 8.81. The molecule has 2 aliphatic heterocycles. The summed E-state index contributed by atoms with van der Waals surface area (Å²) >= 11 is 0. The molecule has 10 heteroatoms. The summed E-state index contributed by atoms with van der Waals surface area (Å²) in [6.07, 6.45) is 3.16. The Kier molecular flexibility index (Phi) is 8.55. The smallest absolute Gasteiger partial charge is 0.253 e. The number of carbonyl (C=O) groups excluding carboxylic acids is 1. The summed E-state index contributed by atoms with van der Waals surface area (Å²) in [5, 5.41) is 18.7. The van der Waals surface area contributed by atoms with Crippen LogP contribution in [-0.2, 0) is 4.74 Å². The summed E-state index contributed by atoms with van der Waals surface area (Å²) in [7, 11) is 1.71. The first-order chi connectivity index (χ1) is 17.5. The summed E-state index contributed by atoms with van der Waals surface area (Å²) in [6, 6.07) is 11.5. The quantitative estimate of drug-likeness (QED) is 0.242. The molecule has 5 N–H and O–H groups in total. The minimum atomic E-state index is -1.07. The highest BCUT2D eigenvalue weighted by atomic mass is 19.1. The van der Waals surface area contributed by atoms with E-state index in [1.165, 1.54) is 12.1 Å². The van der Waals surface area contributed by atoms with Gasteiger partial charge in [-0.05, 0) is 42.8 Å². The summed E-state index contributed by atoms with van der Waals surface area (Å²) < 4.78 is 18.7. The van der Waals surface area contributed by atoms with Crippen LogP contribution in [0.5, 0.6) is 0 Å². The Hall–Kier alpha value is -3.44. The Morgan fingerprint density at radius 2 is 2.00 bits per heavy atom. The first-order valence-corrected chi connectivity index (χ1v) is 12.0. The second-order valence-electron chi connectivity index (χ2n) is 8.81. The van der Waals surface area contributed by atoms with Gasteiger partial charge in [0.2, 0.25) is 0 Å². The van der Waals surface area contributed by atoms with Gasteiger partial charge in [0.1, 0.15) is 23.4 Å². The number of fused-ring (bicyclic) bond motifs is 1. The Morgan fingerprint density at radius 3 is 2.69 bits per heavy atom. The lowest BCUT2D eigenvalue weighted by Gasteiger charge is -2.34. The molecule has 0 aliphatic carbocycles. The summed E-state index contributed by atoms with van der Waals surface area (Å²) in [5.74, 6) is -0.371. The number of ether oxygens (including phenoxy) is 1. The highest BCUT2D eigenvalue weighted by Gasteiger charge is 2.24. The summed E-state index contributed by atoms with van der Waals surface area (Å²) in [4.78, 5) is 17.1. The molecule has 2 heterocycles. The van der Waals surface area contributed by atoms with Gasteiger partial charge in [-0.2, -0.15) is 5.11 Å². The topological polar surface area (TPSA) is 118 Å². The van der Waals surface area contributed by atoms with E-state index in [0.29, 0.717) is 35.5 Å². The van der Waals surface area contributed by atoms with Gasteiger partial charge < -0.3 is 20.1 Å². The third kappa shape index (κ3) is 6.21. The standard InChI is InChI=1S/C26H31FN6O3/c1-36-14-2-9-32-10-12-33(13-11-32)26(35)18-3-6-21(7-4-18)29-17-24(31-28)22-16-19-15-20(27)5-8-23(19)30-25(22)34/h3-8,15-17,25,28-30,34H,2,9-14H2,1H3/p+1. The third-order valence-corrected chi connectivity index (χ3v) is 6.40. The van der Waals surface area contributed by atoms with Crippen LogP contribution in [0.3, 0.4) is 0 Å². The van der Waals surface area contributed by atoms with E-state index >= 15 is 0 Å². The van der Waals surface area contributed by atoms with Crippen LogP contribution < -0.4 is 10.6 Å². The lowest BCUT2D eigenvalue weighted by atomic mass is 10.0. The first kappa shape index (κ1) is 25.6. The van der Waals surface area contributed by atoms with Crippen LogP contribution in [0.4, 0.5) is 15.8 Å². The summed E-state index contributed by atoms with van der Waals surface area (Å²) in [5.41, 5.74) is 10.8. The third-order valence-electron chi connectivity index (χ3n) is 6.40. The van der Waals surface area contributed by atoms with E-state index in [1.807, 2.05) is 17.0 Å². The predicted octanol–water partition coefficient (Wildman–Crippen LogP) is 2.51. The van der Waals surface area contributed by atoms with E-state index < -0.39 is 6.23 Å². The number of rotatable bonds is 9. The van der Waals surface area contributed by atoms with Gasteiger partial charge >= 0.3 is 0 Å². The van der Waals surface area contributed by atoms with Crippen molar-refractivity contribution < 1.29 is 24.3 Å². The van der Waals surface area contributed by atoms with Crippen LogP contribution in [0.1, 0.15) is 22.3 Å². The van der Waals surface area contributed by atoms with Crippen molar-refractivity contribution in [2.24, 2.45) is 5.11 Å². The minimum Gasteiger partial charge on any atom is -0.385 e. The van der Waals surface area contributed by atoms with Gasteiger partial charge in [0.05, 0.1) is 0 Å². The molecule has 0 aromatic heterocycles.